The van der Waals surface area contributed by atoms with Crippen LogP contribution in [0.3, 0.4) is 0 Å². The Balaban J connectivity index is 2.04. The predicted octanol–water partition coefficient (Wildman–Crippen LogP) is 1.61. The van der Waals surface area contributed by atoms with Crippen molar-refractivity contribution >= 4 is 5.69 Å². The Bertz CT molecular complexity index is 704. The molecule has 2 aromatic heterocycles. The fourth-order valence-corrected chi connectivity index (χ4v) is 1.72. The number of tetrazole rings is 1. The maximum atomic E-state index is 5.88. The SMILES string of the molecule is Cc1ccc(N)c(-n2nnc(-c3ccccc3)n2)n1. The summed E-state index contributed by atoms with van der Waals surface area (Å²) in [7, 11) is 0. The number of nitrogen functional groups attached to an aromatic ring is 1. The minimum absolute atomic E-state index is 0.495. The van der Waals surface area contributed by atoms with Gasteiger partial charge in [0, 0.05) is 11.3 Å². The number of nitrogens with two attached hydrogens (primary N) is 1. The second-order valence-corrected chi connectivity index (χ2v) is 4.13. The quantitative estimate of drug-likeness (QED) is 0.749. The van der Waals surface area contributed by atoms with Gasteiger partial charge in [-0.1, -0.05) is 30.3 Å². The van der Waals surface area contributed by atoms with Crippen LogP contribution < -0.4 is 5.73 Å². The van der Waals surface area contributed by atoms with Crippen molar-refractivity contribution < 1.29 is 0 Å². The highest BCUT2D eigenvalue weighted by Crippen LogP contribution is 2.16. The maximum absolute atomic E-state index is 5.88. The summed E-state index contributed by atoms with van der Waals surface area (Å²) in [5, 5.41) is 12.3. The third-order valence-electron chi connectivity index (χ3n) is 2.68. The summed E-state index contributed by atoms with van der Waals surface area (Å²) in [6.07, 6.45) is 0. The van der Waals surface area contributed by atoms with Gasteiger partial charge < -0.3 is 5.73 Å². The van der Waals surface area contributed by atoms with Gasteiger partial charge >= 0.3 is 0 Å². The Morgan fingerprint density at radius 3 is 2.63 bits per heavy atom. The molecule has 0 spiro atoms. The molecule has 0 aliphatic rings. The second kappa shape index (κ2) is 4.49. The molecule has 0 aliphatic heterocycles. The summed E-state index contributed by atoms with van der Waals surface area (Å²) in [4.78, 5) is 5.67. The minimum atomic E-state index is 0.495. The zero-order chi connectivity index (χ0) is 13.2. The molecule has 0 amide bonds. The molecule has 0 saturated carbocycles. The molecule has 19 heavy (non-hydrogen) atoms. The number of hydrogen-bond donors (Lipinski definition) is 1. The van der Waals surface area contributed by atoms with Crippen LogP contribution in [0.15, 0.2) is 42.5 Å². The lowest BCUT2D eigenvalue weighted by molar-refractivity contribution is 0.700. The van der Waals surface area contributed by atoms with Gasteiger partial charge in [0.25, 0.3) is 0 Å². The fourth-order valence-electron chi connectivity index (χ4n) is 1.72. The molecular weight excluding hydrogens is 240 g/mol. The van der Waals surface area contributed by atoms with Gasteiger partial charge in [0.1, 0.15) is 0 Å². The van der Waals surface area contributed by atoms with E-state index in [2.05, 4.69) is 20.4 Å². The monoisotopic (exact) mass is 252 g/mol. The van der Waals surface area contributed by atoms with Gasteiger partial charge in [0.15, 0.2) is 5.82 Å². The molecule has 1 aromatic carbocycles. The average Bonchev–Trinajstić information content (AvgIpc) is 2.92. The summed E-state index contributed by atoms with van der Waals surface area (Å²) in [5.41, 5.74) is 8.15. The van der Waals surface area contributed by atoms with Crippen molar-refractivity contribution in [1.29, 1.82) is 0 Å². The third kappa shape index (κ3) is 2.15. The summed E-state index contributed by atoms with van der Waals surface area (Å²) < 4.78 is 0. The molecule has 0 saturated heterocycles. The van der Waals surface area contributed by atoms with Crippen molar-refractivity contribution in [2.24, 2.45) is 0 Å². The fraction of sp³-hybridized carbons (Fsp3) is 0.0769. The van der Waals surface area contributed by atoms with Gasteiger partial charge in [-0.2, -0.15) is 0 Å². The van der Waals surface area contributed by atoms with Crippen molar-refractivity contribution in [3.8, 4) is 17.2 Å². The highest BCUT2D eigenvalue weighted by atomic mass is 15.6. The molecule has 0 atom stereocenters. The molecule has 0 bridgehead atoms. The number of anilines is 1. The lowest BCUT2D eigenvalue weighted by Crippen LogP contribution is -2.06. The van der Waals surface area contributed by atoms with Gasteiger partial charge in [-0.15, -0.1) is 15.0 Å². The van der Waals surface area contributed by atoms with E-state index in [4.69, 9.17) is 5.73 Å². The van der Waals surface area contributed by atoms with Crippen LogP contribution in [-0.4, -0.2) is 25.2 Å². The molecule has 0 aliphatic carbocycles. The lowest BCUT2D eigenvalue weighted by atomic mass is 10.2. The van der Waals surface area contributed by atoms with Crippen molar-refractivity contribution in [3.05, 3.63) is 48.2 Å². The van der Waals surface area contributed by atoms with E-state index in [9.17, 15) is 0 Å². The van der Waals surface area contributed by atoms with Gasteiger partial charge in [0.2, 0.25) is 5.82 Å². The van der Waals surface area contributed by atoms with Gasteiger partial charge in [-0.05, 0) is 24.3 Å². The first-order valence-corrected chi connectivity index (χ1v) is 5.83. The largest absolute Gasteiger partial charge is 0.396 e. The van der Waals surface area contributed by atoms with Crippen LogP contribution in [0.1, 0.15) is 5.69 Å². The number of pyridine rings is 1. The Hall–Kier alpha value is -2.76. The first kappa shape index (κ1) is 11.3. The van der Waals surface area contributed by atoms with Crippen molar-refractivity contribution in [1.82, 2.24) is 25.2 Å². The Morgan fingerprint density at radius 2 is 1.84 bits per heavy atom. The van der Waals surface area contributed by atoms with E-state index >= 15 is 0 Å². The van der Waals surface area contributed by atoms with E-state index in [-0.39, 0.29) is 0 Å². The van der Waals surface area contributed by atoms with Crippen molar-refractivity contribution in [2.45, 2.75) is 6.92 Å². The normalized spacial score (nSPS) is 10.6. The summed E-state index contributed by atoms with van der Waals surface area (Å²) >= 11 is 0. The van der Waals surface area contributed by atoms with Crippen LogP contribution in [0.4, 0.5) is 5.69 Å². The molecule has 0 fully saturated rings. The Labute approximate surface area is 109 Å². The first-order chi connectivity index (χ1) is 9.24. The van der Waals surface area contributed by atoms with Crippen LogP contribution in [0.25, 0.3) is 17.2 Å². The number of aromatic nitrogens is 5. The van der Waals surface area contributed by atoms with Crippen LogP contribution >= 0.6 is 0 Å². The van der Waals surface area contributed by atoms with Gasteiger partial charge in [-0.25, -0.2) is 4.98 Å². The van der Waals surface area contributed by atoms with E-state index in [0.717, 1.165) is 11.3 Å². The van der Waals surface area contributed by atoms with E-state index in [1.807, 2.05) is 43.3 Å². The van der Waals surface area contributed by atoms with E-state index in [1.54, 1.807) is 6.07 Å². The number of aryl methyl sites for hydroxylation is 1. The molecule has 3 aromatic rings. The molecular formula is C13H12N6. The number of hydrogen-bond acceptors (Lipinski definition) is 5. The number of rotatable bonds is 2. The predicted molar refractivity (Wildman–Crippen MR) is 71.5 cm³/mol. The lowest BCUT2D eigenvalue weighted by Gasteiger charge is -2.02. The van der Waals surface area contributed by atoms with Crippen LogP contribution in [-0.2, 0) is 0 Å². The zero-order valence-electron chi connectivity index (χ0n) is 10.4. The second-order valence-electron chi connectivity index (χ2n) is 4.13. The number of benzene rings is 1. The van der Waals surface area contributed by atoms with Crippen molar-refractivity contribution in [2.75, 3.05) is 5.73 Å². The summed E-state index contributed by atoms with van der Waals surface area (Å²) in [5.74, 6) is 1.04. The highest BCUT2D eigenvalue weighted by molar-refractivity contribution is 5.55. The van der Waals surface area contributed by atoms with Crippen molar-refractivity contribution in [3.63, 3.8) is 0 Å². The standard InChI is InChI=1S/C13H12N6/c1-9-7-8-11(14)13(15-9)19-17-12(16-18-19)10-5-3-2-4-6-10/h2-8H,14H2,1H3. The molecule has 2 N–H and O–H groups in total. The highest BCUT2D eigenvalue weighted by Gasteiger charge is 2.10. The Kier molecular flexibility index (Phi) is 2.68. The van der Waals surface area contributed by atoms with E-state index in [0.29, 0.717) is 17.3 Å². The third-order valence-corrected chi connectivity index (χ3v) is 2.68. The topological polar surface area (TPSA) is 82.5 Å². The van der Waals surface area contributed by atoms with E-state index < -0.39 is 0 Å². The molecule has 0 radical (unpaired) electrons. The molecule has 2 heterocycles. The smallest absolute Gasteiger partial charge is 0.205 e. The van der Waals surface area contributed by atoms with E-state index in [1.165, 1.54) is 4.80 Å². The maximum Gasteiger partial charge on any atom is 0.205 e. The molecule has 0 unspecified atom stereocenters. The Morgan fingerprint density at radius 1 is 1.05 bits per heavy atom. The molecule has 6 heteroatoms. The van der Waals surface area contributed by atoms with Crippen LogP contribution in [0.2, 0.25) is 0 Å². The number of nitrogens with zero attached hydrogens (tertiary/aromatic N) is 5. The molecule has 6 nitrogen and oxygen atoms in total. The summed E-state index contributed by atoms with van der Waals surface area (Å²) in [6.45, 7) is 1.89. The van der Waals surface area contributed by atoms with Gasteiger partial charge in [0.05, 0.1) is 5.69 Å². The molecule has 94 valence electrons. The minimum Gasteiger partial charge on any atom is -0.396 e. The summed E-state index contributed by atoms with van der Waals surface area (Å²) in [6, 6.07) is 13.3. The zero-order valence-corrected chi connectivity index (χ0v) is 10.4. The first-order valence-electron chi connectivity index (χ1n) is 5.83. The van der Waals surface area contributed by atoms with Crippen LogP contribution in [0, 0.1) is 6.92 Å². The van der Waals surface area contributed by atoms with Gasteiger partial charge in [-0.3, -0.25) is 0 Å². The van der Waals surface area contributed by atoms with Crippen LogP contribution in [0.5, 0.6) is 0 Å². The molecule has 3 rings (SSSR count). The average molecular weight is 252 g/mol.